The maximum atomic E-state index is 12.5. The number of methoxy groups -OCH3 is 1. The standard InChI is InChI=1S/C16H24N2O2S/c1-12(17)15-8-3-4-9-18(15)16(19)11-21-14-7-5-6-13(10-14)20-2/h5-7,10,12,15H,3-4,8-9,11,17H2,1-2H3. The molecular formula is C16H24N2O2S. The molecule has 0 bridgehead atoms. The summed E-state index contributed by atoms with van der Waals surface area (Å²) in [6.07, 6.45) is 3.27. The number of benzene rings is 1. The molecule has 0 spiro atoms. The van der Waals surface area contributed by atoms with Crippen molar-refractivity contribution in [1.29, 1.82) is 0 Å². The number of piperidine rings is 1. The molecule has 1 heterocycles. The summed E-state index contributed by atoms with van der Waals surface area (Å²) >= 11 is 1.55. The maximum Gasteiger partial charge on any atom is 0.233 e. The summed E-state index contributed by atoms with van der Waals surface area (Å²) in [4.78, 5) is 15.5. The van der Waals surface area contributed by atoms with E-state index >= 15 is 0 Å². The van der Waals surface area contributed by atoms with Crippen LogP contribution in [0.1, 0.15) is 26.2 Å². The van der Waals surface area contributed by atoms with Crippen LogP contribution in [0.4, 0.5) is 0 Å². The van der Waals surface area contributed by atoms with Crippen LogP contribution in [0.3, 0.4) is 0 Å². The Labute approximate surface area is 131 Å². The van der Waals surface area contributed by atoms with E-state index < -0.39 is 0 Å². The molecule has 0 radical (unpaired) electrons. The highest BCUT2D eigenvalue weighted by atomic mass is 32.2. The Hall–Kier alpha value is -1.20. The first-order valence-corrected chi connectivity index (χ1v) is 8.42. The van der Waals surface area contributed by atoms with Crippen molar-refractivity contribution in [3.8, 4) is 5.75 Å². The molecule has 2 unspecified atom stereocenters. The number of nitrogens with zero attached hydrogens (tertiary/aromatic N) is 1. The topological polar surface area (TPSA) is 55.6 Å². The van der Waals surface area contributed by atoms with Crippen molar-refractivity contribution in [2.24, 2.45) is 5.73 Å². The van der Waals surface area contributed by atoms with Crippen LogP contribution in [-0.2, 0) is 4.79 Å². The molecule has 1 amide bonds. The number of nitrogens with two attached hydrogens (primary N) is 1. The monoisotopic (exact) mass is 308 g/mol. The molecule has 116 valence electrons. The molecule has 1 aromatic rings. The molecule has 2 N–H and O–H groups in total. The molecule has 1 saturated heterocycles. The second kappa shape index (κ2) is 7.71. The van der Waals surface area contributed by atoms with Crippen LogP contribution < -0.4 is 10.5 Å². The Morgan fingerprint density at radius 1 is 1.52 bits per heavy atom. The SMILES string of the molecule is COc1cccc(SCC(=O)N2CCCCC2C(C)N)c1. The minimum Gasteiger partial charge on any atom is -0.497 e. The van der Waals surface area contributed by atoms with E-state index in [1.165, 1.54) is 6.42 Å². The fraction of sp³-hybridized carbons (Fsp3) is 0.562. The summed E-state index contributed by atoms with van der Waals surface area (Å²) in [5, 5.41) is 0. The van der Waals surface area contributed by atoms with Gasteiger partial charge in [-0.25, -0.2) is 0 Å². The van der Waals surface area contributed by atoms with Gasteiger partial charge in [0.25, 0.3) is 0 Å². The second-order valence-corrected chi connectivity index (χ2v) is 6.53. The number of carbonyl (C=O) groups is 1. The van der Waals surface area contributed by atoms with E-state index in [0.29, 0.717) is 5.75 Å². The Bertz CT molecular complexity index is 479. The molecule has 2 atom stereocenters. The lowest BCUT2D eigenvalue weighted by molar-refractivity contribution is -0.132. The molecule has 5 heteroatoms. The average molecular weight is 308 g/mol. The van der Waals surface area contributed by atoms with Crippen LogP contribution in [0.5, 0.6) is 5.75 Å². The van der Waals surface area contributed by atoms with Crippen LogP contribution >= 0.6 is 11.8 Å². The smallest absolute Gasteiger partial charge is 0.233 e. The first-order valence-electron chi connectivity index (χ1n) is 7.43. The Morgan fingerprint density at radius 2 is 2.33 bits per heavy atom. The van der Waals surface area contributed by atoms with Crippen molar-refractivity contribution < 1.29 is 9.53 Å². The van der Waals surface area contributed by atoms with Gasteiger partial charge in [-0.05, 0) is 44.4 Å². The van der Waals surface area contributed by atoms with Gasteiger partial charge in [-0.2, -0.15) is 0 Å². The van der Waals surface area contributed by atoms with Gasteiger partial charge in [0.1, 0.15) is 5.75 Å². The van der Waals surface area contributed by atoms with Crippen molar-refractivity contribution in [3.05, 3.63) is 24.3 Å². The minimum atomic E-state index is 0.0380. The van der Waals surface area contributed by atoms with Gasteiger partial charge in [0.05, 0.1) is 12.9 Å². The van der Waals surface area contributed by atoms with Crippen LogP contribution in [0.25, 0.3) is 0 Å². The van der Waals surface area contributed by atoms with Crippen LogP contribution in [-0.4, -0.2) is 42.3 Å². The second-order valence-electron chi connectivity index (χ2n) is 5.48. The molecule has 0 saturated carbocycles. The summed E-state index contributed by atoms with van der Waals surface area (Å²) in [5.74, 6) is 1.46. The molecule has 0 aliphatic carbocycles. The lowest BCUT2D eigenvalue weighted by atomic mass is 9.97. The molecule has 1 aliphatic heterocycles. The third kappa shape index (κ3) is 4.38. The number of amides is 1. The van der Waals surface area contributed by atoms with Crippen LogP contribution in [0.15, 0.2) is 29.2 Å². The van der Waals surface area contributed by atoms with E-state index in [2.05, 4.69) is 0 Å². The van der Waals surface area contributed by atoms with Gasteiger partial charge >= 0.3 is 0 Å². The summed E-state index contributed by atoms with van der Waals surface area (Å²) in [6.45, 7) is 2.83. The zero-order valence-electron chi connectivity index (χ0n) is 12.7. The Kier molecular flexibility index (Phi) is 5.94. The average Bonchev–Trinajstić information content (AvgIpc) is 2.52. The third-order valence-corrected chi connectivity index (χ3v) is 4.86. The number of hydrogen-bond acceptors (Lipinski definition) is 4. The van der Waals surface area contributed by atoms with Crippen molar-refractivity contribution >= 4 is 17.7 Å². The summed E-state index contributed by atoms with van der Waals surface area (Å²) in [5.41, 5.74) is 6.02. The maximum absolute atomic E-state index is 12.5. The van der Waals surface area contributed by atoms with E-state index in [-0.39, 0.29) is 18.0 Å². The third-order valence-electron chi connectivity index (χ3n) is 3.88. The van der Waals surface area contributed by atoms with Gasteiger partial charge in [0.15, 0.2) is 0 Å². The highest BCUT2D eigenvalue weighted by molar-refractivity contribution is 8.00. The van der Waals surface area contributed by atoms with Gasteiger partial charge < -0.3 is 15.4 Å². The van der Waals surface area contributed by atoms with Crippen LogP contribution in [0.2, 0.25) is 0 Å². The summed E-state index contributed by atoms with van der Waals surface area (Å²) < 4.78 is 5.20. The minimum absolute atomic E-state index is 0.0380. The van der Waals surface area contributed by atoms with E-state index in [1.54, 1.807) is 18.9 Å². The number of carbonyl (C=O) groups excluding carboxylic acids is 1. The molecule has 1 fully saturated rings. The Balaban J connectivity index is 1.93. The van der Waals surface area contributed by atoms with Crippen molar-refractivity contribution in [2.75, 3.05) is 19.4 Å². The zero-order valence-corrected chi connectivity index (χ0v) is 13.6. The number of hydrogen-bond donors (Lipinski definition) is 1. The zero-order chi connectivity index (χ0) is 15.2. The molecule has 1 aliphatic rings. The van der Waals surface area contributed by atoms with Gasteiger partial charge in [-0.1, -0.05) is 6.07 Å². The lowest BCUT2D eigenvalue weighted by Gasteiger charge is -2.38. The van der Waals surface area contributed by atoms with Gasteiger partial charge in [-0.15, -0.1) is 11.8 Å². The number of ether oxygens (including phenoxy) is 1. The molecule has 1 aromatic carbocycles. The highest BCUT2D eigenvalue weighted by Crippen LogP contribution is 2.25. The first kappa shape index (κ1) is 16.2. The van der Waals surface area contributed by atoms with Crippen molar-refractivity contribution in [1.82, 2.24) is 4.90 Å². The normalized spacial score (nSPS) is 20.1. The van der Waals surface area contributed by atoms with Crippen LogP contribution in [0, 0.1) is 0 Å². The molecule has 4 nitrogen and oxygen atoms in total. The van der Waals surface area contributed by atoms with E-state index in [4.69, 9.17) is 10.5 Å². The predicted octanol–water partition coefficient (Wildman–Crippen LogP) is 2.52. The highest BCUT2D eigenvalue weighted by Gasteiger charge is 2.28. The summed E-state index contributed by atoms with van der Waals surface area (Å²) in [7, 11) is 1.65. The summed E-state index contributed by atoms with van der Waals surface area (Å²) in [6, 6.07) is 8.03. The molecular weight excluding hydrogens is 284 g/mol. The lowest BCUT2D eigenvalue weighted by Crippen LogP contribution is -2.52. The number of thioether (sulfide) groups is 1. The van der Waals surface area contributed by atoms with Gasteiger partial charge in [-0.3, -0.25) is 4.79 Å². The first-order chi connectivity index (χ1) is 10.1. The van der Waals surface area contributed by atoms with E-state index in [0.717, 1.165) is 30.0 Å². The number of rotatable bonds is 5. The molecule has 0 aromatic heterocycles. The predicted molar refractivity (Wildman–Crippen MR) is 86.7 cm³/mol. The largest absolute Gasteiger partial charge is 0.497 e. The van der Waals surface area contributed by atoms with Crippen molar-refractivity contribution in [3.63, 3.8) is 0 Å². The fourth-order valence-electron chi connectivity index (χ4n) is 2.73. The van der Waals surface area contributed by atoms with E-state index in [1.807, 2.05) is 36.1 Å². The van der Waals surface area contributed by atoms with Gasteiger partial charge in [0, 0.05) is 23.5 Å². The number of likely N-dealkylation sites (tertiary alicyclic amines) is 1. The quantitative estimate of drug-likeness (QED) is 0.849. The van der Waals surface area contributed by atoms with Gasteiger partial charge in [0.2, 0.25) is 5.91 Å². The molecule has 2 rings (SSSR count). The molecule has 21 heavy (non-hydrogen) atoms. The van der Waals surface area contributed by atoms with Crippen molar-refractivity contribution in [2.45, 2.75) is 43.2 Å². The fourth-order valence-corrected chi connectivity index (χ4v) is 3.56. The van der Waals surface area contributed by atoms with E-state index in [9.17, 15) is 4.79 Å². The Morgan fingerprint density at radius 3 is 3.05 bits per heavy atom.